The van der Waals surface area contributed by atoms with Crippen molar-refractivity contribution in [1.29, 1.82) is 0 Å². The second kappa shape index (κ2) is 4.52. The van der Waals surface area contributed by atoms with Crippen LogP contribution in [0.15, 0.2) is 42.7 Å². The Kier molecular flexibility index (Phi) is 2.84. The predicted octanol–water partition coefficient (Wildman–Crippen LogP) is 3.76. The second-order valence-electron chi connectivity index (χ2n) is 4.36. The molecule has 94 valence electrons. The number of fused-ring (bicyclic) bond motifs is 1. The van der Waals surface area contributed by atoms with Crippen molar-refractivity contribution >= 4 is 28.4 Å². The van der Waals surface area contributed by atoms with Gasteiger partial charge in [-0.3, -0.25) is 4.79 Å². The summed E-state index contributed by atoms with van der Waals surface area (Å²) in [5.74, 6) is -0.0424. The summed E-state index contributed by atoms with van der Waals surface area (Å²) < 4.78 is 0. The van der Waals surface area contributed by atoms with Crippen molar-refractivity contribution in [3.63, 3.8) is 0 Å². The van der Waals surface area contributed by atoms with Gasteiger partial charge in [0.15, 0.2) is 5.78 Å². The van der Waals surface area contributed by atoms with Crippen molar-refractivity contribution in [3.8, 4) is 0 Å². The Hall–Kier alpha value is -2.13. The first-order valence-corrected chi connectivity index (χ1v) is 6.28. The zero-order valence-corrected chi connectivity index (χ0v) is 11.0. The summed E-state index contributed by atoms with van der Waals surface area (Å²) in [6, 6.07) is 9.19. The summed E-state index contributed by atoms with van der Waals surface area (Å²) in [6.07, 6.45) is 3.28. The van der Waals surface area contributed by atoms with Gasteiger partial charge in [0.1, 0.15) is 5.65 Å². The number of ketones is 1. The van der Waals surface area contributed by atoms with Gasteiger partial charge in [-0.05, 0) is 18.6 Å². The van der Waals surface area contributed by atoms with Gasteiger partial charge in [0, 0.05) is 23.3 Å². The zero-order valence-electron chi connectivity index (χ0n) is 10.3. The quantitative estimate of drug-likeness (QED) is 0.721. The Morgan fingerprint density at radius 1 is 1.21 bits per heavy atom. The molecule has 0 aliphatic heterocycles. The van der Waals surface area contributed by atoms with Gasteiger partial charge in [-0.15, -0.1) is 0 Å². The zero-order chi connectivity index (χ0) is 13.4. The molecule has 3 rings (SSSR count). The number of aryl methyl sites for hydroxylation is 1. The van der Waals surface area contributed by atoms with Crippen LogP contribution in [-0.2, 0) is 0 Å². The molecule has 0 bridgehead atoms. The standard InChI is InChI=1S/C15H11ClN2O/c1-9-4-2-3-5-10(9)14(19)11-8-18-15-13(11)12(16)6-7-17-15/h2-8H,1H3,(H,17,18). The molecular formula is C15H11ClN2O. The number of nitrogens with one attached hydrogen (secondary N) is 1. The Bertz CT molecular complexity index is 777. The van der Waals surface area contributed by atoms with E-state index in [1.807, 2.05) is 31.2 Å². The van der Waals surface area contributed by atoms with E-state index >= 15 is 0 Å². The monoisotopic (exact) mass is 270 g/mol. The number of carbonyl (C=O) groups is 1. The molecule has 0 aliphatic carbocycles. The lowest BCUT2D eigenvalue weighted by Crippen LogP contribution is -2.02. The Morgan fingerprint density at radius 2 is 2.00 bits per heavy atom. The van der Waals surface area contributed by atoms with Gasteiger partial charge >= 0.3 is 0 Å². The highest BCUT2D eigenvalue weighted by molar-refractivity contribution is 6.37. The van der Waals surface area contributed by atoms with Crippen molar-refractivity contribution in [1.82, 2.24) is 9.97 Å². The van der Waals surface area contributed by atoms with E-state index in [1.54, 1.807) is 18.5 Å². The van der Waals surface area contributed by atoms with Crippen LogP contribution in [0.5, 0.6) is 0 Å². The maximum atomic E-state index is 12.6. The molecule has 0 spiro atoms. The first kappa shape index (κ1) is 11.9. The molecule has 0 saturated carbocycles. The summed E-state index contributed by atoms with van der Waals surface area (Å²) >= 11 is 6.16. The third kappa shape index (κ3) is 1.92. The molecule has 2 aromatic heterocycles. The molecule has 0 fully saturated rings. The Balaban J connectivity index is 2.21. The largest absolute Gasteiger partial charge is 0.345 e. The van der Waals surface area contributed by atoms with E-state index in [0.29, 0.717) is 27.2 Å². The summed E-state index contributed by atoms with van der Waals surface area (Å²) in [7, 11) is 0. The van der Waals surface area contributed by atoms with E-state index in [9.17, 15) is 4.79 Å². The fraction of sp³-hybridized carbons (Fsp3) is 0.0667. The first-order valence-electron chi connectivity index (χ1n) is 5.90. The minimum atomic E-state index is -0.0424. The van der Waals surface area contributed by atoms with Crippen molar-refractivity contribution in [2.45, 2.75) is 6.92 Å². The SMILES string of the molecule is Cc1ccccc1C(=O)c1c[nH]c2nccc(Cl)c12. The Morgan fingerprint density at radius 3 is 2.79 bits per heavy atom. The van der Waals surface area contributed by atoms with Crippen molar-refractivity contribution in [2.75, 3.05) is 0 Å². The average molecular weight is 271 g/mol. The minimum absolute atomic E-state index is 0.0424. The molecular weight excluding hydrogens is 260 g/mol. The summed E-state index contributed by atoms with van der Waals surface area (Å²) in [5, 5.41) is 1.21. The van der Waals surface area contributed by atoms with E-state index in [0.717, 1.165) is 5.56 Å². The number of carbonyl (C=O) groups excluding carboxylic acids is 1. The van der Waals surface area contributed by atoms with E-state index < -0.39 is 0 Å². The fourth-order valence-corrected chi connectivity index (χ4v) is 2.42. The number of hydrogen-bond acceptors (Lipinski definition) is 2. The third-order valence-corrected chi connectivity index (χ3v) is 3.47. The van der Waals surface area contributed by atoms with Crippen LogP contribution in [0.25, 0.3) is 11.0 Å². The highest BCUT2D eigenvalue weighted by Gasteiger charge is 2.17. The number of hydrogen-bond donors (Lipinski definition) is 1. The van der Waals surface area contributed by atoms with Crippen LogP contribution in [-0.4, -0.2) is 15.8 Å². The molecule has 3 nitrogen and oxygen atoms in total. The molecule has 0 atom stereocenters. The van der Waals surface area contributed by atoms with Crippen LogP contribution >= 0.6 is 11.6 Å². The maximum Gasteiger partial charge on any atom is 0.195 e. The van der Waals surface area contributed by atoms with Gasteiger partial charge < -0.3 is 4.98 Å². The Labute approximate surface area is 115 Å². The van der Waals surface area contributed by atoms with Crippen molar-refractivity contribution in [3.05, 3.63) is 64.4 Å². The lowest BCUT2D eigenvalue weighted by molar-refractivity contribution is 0.104. The molecule has 19 heavy (non-hydrogen) atoms. The second-order valence-corrected chi connectivity index (χ2v) is 4.77. The van der Waals surface area contributed by atoms with Gasteiger partial charge in [-0.2, -0.15) is 0 Å². The normalized spacial score (nSPS) is 10.8. The van der Waals surface area contributed by atoms with Gasteiger partial charge in [0.25, 0.3) is 0 Å². The van der Waals surface area contributed by atoms with Gasteiger partial charge in [-0.25, -0.2) is 4.98 Å². The highest BCUT2D eigenvalue weighted by atomic mass is 35.5. The third-order valence-electron chi connectivity index (χ3n) is 3.16. The summed E-state index contributed by atoms with van der Waals surface area (Å²) in [6.45, 7) is 1.92. The van der Waals surface area contributed by atoms with E-state index in [-0.39, 0.29) is 5.78 Å². The topological polar surface area (TPSA) is 45.8 Å². The molecule has 0 unspecified atom stereocenters. The number of rotatable bonds is 2. The number of H-pyrrole nitrogens is 1. The summed E-state index contributed by atoms with van der Waals surface area (Å²) in [5.41, 5.74) is 2.82. The fourth-order valence-electron chi connectivity index (χ4n) is 2.17. The maximum absolute atomic E-state index is 12.6. The van der Waals surface area contributed by atoms with Gasteiger partial charge in [0.2, 0.25) is 0 Å². The van der Waals surface area contributed by atoms with Gasteiger partial charge in [0.05, 0.1) is 10.6 Å². The lowest BCUT2D eigenvalue weighted by atomic mass is 9.99. The van der Waals surface area contributed by atoms with Crippen LogP contribution in [0.2, 0.25) is 5.02 Å². The number of pyridine rings is 1. The van der Waals surface area contributed by atoms with Crippen LogP contribution < -0.4 is 0 Å². The van der Waals surface area contributed by atoms with Crippen LogP contribution in [0.1, 0.15) is 21.5 Å². The number of nitrogens with zero attached hydrogens (tertiary/aromatic N) is 1. The molecule has 3 aromatic rings. The van der Waals surface area contributed by atoms with Gasteiger partial charge in [-0.1, -0.05) is 35.9 Å². The molecule has 1 N–H and O–H groups in total. The molecule has 1 aromatic carbocycles. The molecule has 0 radical (unpaired) electrons. The molecule has 0 amide bonds. The number of aromatic nitrogens is 2. The number of benzene rings is 1. The van der Waals surface area contributed by atoms with Crippen LogP contribution in [0.3, 0.4) is 0 Å². The number of aromatic amines is 1. The van der Waals surface area contributed by atoms with Crippen molar-refractivity contribution < 1.29 is 4.79 Å². The van der Waals surface area contributed by atoms with Crippen molar-refractivity contribution in [2.24, 2.45) is 0 Å². The molecule has 0 saturated heterocycles. The smallest absolute Gasteiger partial charge is 0.195 e. The predicted molar refractivity (Wildman–Crippen MR) is 75.7 cm³/mol. The first-order chi connectivity index (χ1) is 9.18. The summed E-state index contributed by atoms with van der Waals surface area (Å²) in [4.78, 5) is 19.7. The van der Waals surface area contributed by atoms with Crippen LogP contribution in [0, 0.1) is 6.92 Å². The average Bonchev–Trinajstić information content (AvgIpc) is 2.84. The van der Waals surface area contributed by atoms with Crippen LogP contribution in [0.4, 0.5) is 0 Å². The van der Waals surface area contributed by atoms with E-state index in [2.05, 4.69) is 9.97 Å². The number of halogens is 1. The molecule has 0 aliphatic rings. The molecule has 4 heteroatoms. The lowest BCUT2D eigenvalue weighted by Gasteiger charge is -2.04. The van der Waals surface area contributed by atoms with E-state index in [4.69, 9.17) is 11.6 Å². The minimum Gasteiger partial charge on any atom is -0.345 e. The van der Waals surface area contributed by atoms with E-state index in [1.165, 1.54) is 0 Å². The highest BCUT2D eigenvalue weighted by Crippen LogP contribution is 2.27. The molecule has 2 heterocycles.